The Hall–Kier alpha value is -1.39. The van der Waals surface area contributed by atoms with Crippen molar-refractivity contribution in [3.05, 3.63) is 30.1 Å². The van der Waals surface area contributed by atoms with Crippen molar-refractivity contribution in [2.24, 2.45) is 7.05 Å². The smallest absolute Gasteiger partial charge is 0.112 e. The van der Waals surface area contributed by atoms with Gasteiger partial charge >= 0.3 is 0 Å². The maximum atomic E-state index is 10.1. The summed E-state index contributed by atoms with van der Waals surface area (Å²) in [6, 6.07) is 7.98. The van der Waals surface area contributed by atoms with Gasteiger partial charge in [0, 0.05) is 20.6 Å². The van der Waals surface area contributed by atoms with E-state index in [9.17, 15) is 5.11 Å². The molecule has 18 heavy (non-hydrogen) atoms. The first kappa shape index (κ1) is 13.1. The normalized spacial score (nSPS) is 14.9. The van der Waals surface area contributed by atoms with Crippen LogP contribution in [0.25, 0.3) is 11.0 Å². The van der Waals surface area contributed by atoms with E-state index in [4.69, 9.17) is 4.74 Å². The minimum atomic E-state index is -0.518. The lowest BCUT2D eigenvalue weighted by molar-refractivity contribution is -0.0139. The zero-order valence-electron chi connectivity index (χ0n) is 11.1. The Morgan fingerprint density at radius 3 is 2.72 bits per heavy atom. The summed E-state index contributed by atoms with van der Waals surface area (Å²) < 4.78 is 7.29. The number of benzene rings is 1. The Morgan fingerprint density at radius 2 is 2.11 bits per heavy atom. The first-order valence-corrected chi connectivity index (χ1v) is 6.28. The minimum absolute atomic E-state index is 0.134. The van der Waals surface area contributed by atoms with Crippen molar-refractivity contribution in [2.75, 3.05) is 7.11 Å². The molecule has 0 saturated heterocycles. The predicted octanol–water partition coefficient (Wildman–Crippen LogP) is 1.90. The lowest BCUT2D eigenvalue weighted by atomic mass is 10.1. The number of hydrogen-bond donors (Lipinski definition) is 1. The van der Waals surface area contributed by atoms with Crippen molar-refractivity contribution in [2.45, 2.75) is 32.0 Å². The highest BCUT2D eigenvalue weighted by Crippen LogP contribution is 2.17. The number of fused-ring (bicyclic) bond motifs is 1. The molecule has 98 valence electrons. The number of aryl methyl sites for hydroxylation is 1. The summed E-state index contributed by atoms with van der Waals surface area (Å²) in [4.78, 5) is 4.55. The van der Waals surface area contributed by atoms with Gasteiger partial charge in [-0.1, -0.05) is 19.1 Å². The van der Waals surface area contributed by atoms with E-state index in [-0.39, 0.29) is 6.10 Å². The van der Waals surface area contributed by atoms with Gasteiger partial charge in [-0.05, 0) is 18.6 Å². The molecule has 0 bridgehead atoms. The van der Waals surface area contributed by atoms with Gasteiger partial charge in [0.2, 0.25) is 0 Å². The van der Waals surface area contributed by atoms with E-state index < -0.39 is 6.10 Å². The molecule has 0 aliphatic carbocycles. The van der Waals surface area contributed by atoms with Crippen molar-refractivity contribution in [1.82, 2.24) is 9.55 Å². The molecule has 4 nitrogen and oxygen atoms in total. The van der Waals surface area contributed by atoms with Gasteiger partial charge in [-0.2, -0.15) is 0 Å². The molecule has 0 amide bonds. The number of rotatable bonds is 5. The number of para-hydroxylation sites is 2. The van der Waals surface area contributed by atoms with Crippen LogP contribution in [0.4, 0.5) is 0 Å². The molecular weight excluding hydrogens is 228 g/mol. The van der Waals surface area contributed by atoms with E-state index >= 15 is 0 Å². The largest absolute Gasteiger partial charge is 0.390 e. The Labute approximate surface area is 107 Å². The molecule has 0 fully saturated rings. The molecular formula is C14H20N2O2. The minimum Gasteiger partial charge on any atom is -0.390 e. The predicted molar refractivity (Wildman–Crippen MR) is 71.5 cm³/mol. The van der Waals surface area contributed by atoms with Gasteiger partial charge in [0.25, 0.3) is 0 Å². The molecule has 2 unspecified atom stereocenters. The van der Waals surface area contributed by atoms with E-state index in [1.165, 1.54) is 0 Å². The second-order valence-corrected chi connectivity index (χ2v) is 4.53. The second kappa shape index (κ2) is 5.50. The third kappa shape index (κ3) is 2.40. The third-order valence-corrected chi connectivity index (χ3v) is 3.41. The van der Waals surface area contributed by atoms with Gasteiger partial charge in [0.05, 0.1) is 23.2 Å². The van der Waals surface area contributed by atoms with Crippen molar-refractivity contribution < 1.29 is 9.84 Å². The van der Waals surface area contributed by atoms with Crippen molar-refractivity contribution in [3.8, 4) is 0 Å². The molecule has 1 aromatic heterocycles. The van der Waals surface area contributed by atoms with E-state index in [1.807, 2.05) is 42.8 Å². The lowest BCUT2D eigenvalue weighted by Crippen LogP contribution is -2.30. The SMILES string of the molecule is CCC(OC)C(O)Cc1nc2ccccc2n1C. The zero-order valence-corrected chi connectivity index (χ0v) is 11.1. The van der Waals surface area contributed by atoms with Crippen LogP contribution in [0.15, 0.2) is 24.3 Å². The van der Waals surface area contributed by atoms with Crippen molar-refractivity contribution in [3.63, 3.8) is 0 Å². The molecule has 0 aliphatic heterocycles. The van der Waals surface area contributed by atoms with Crippen LogP contribution < -0.4 is 0 Å². The van der Waals surface area contributed by atoms with Gasteiger partial charge in [-0.3, -0.25) is 0 Å². The number of ether oxygens (including phenoxy) is 1. The van der Waals surface area contributed by atoms with Crippen LogP contribution in [-0.4, -0.2) is 34.0 Å². The first-order chi connectivity index (χ1) is 8.67. The summed E-state index contributed by atoms with van der Waals surface area (Å²) in [7, 11) is 3.61. The van der Waals surface area contributed by atoms with E-state index in [2.05, 4.69) is 4.98 Å². The van der Waals surface area contributed by atoms with Gasteiger partial charge in [-0.15, -0.1) is 0 Å². The van der Waals surface area contributed by atoms with E-state index in [1.54, 1.807) is 7.11 Å². The van der Waals surface area contributed by atoms with Crippen LogP contribution in [0.5, 0.6) is 0 Å². The maximum Gasteiger partial charge on any atom is 0.112 e. The third-order valence-electron chi connectivity index (χ3n) is 3.41. The Balaban J connectivity index is 2.24. The molecule has 2 aromatic rings. The van der Waals surface area contributed by atoms with Crippen LogP contribution in [-0.2, 0) is 18.2 Å². The number of methoxy groups -OCH3 is 1. The van der Waals surface area contributed by atoms with Gasteiger partial charge in [0.15, 0.2) is 0 Å². The summed E-state index contributed by atoms with van der Waals surface area (Å²) in [5, 5.41) is 10.1. The highest BCUT2D eigenvalue weighted by molar-refractivity contribution is 5.75. The quantitative estimate of drug-likeness (QED) is 0.879. The number of aliphatic hydroxyl groups excluding tert-OH is 1. The van der Waals surface area contributed by atoms with Crippen LogP contribution in [0, 0.1) is 0 Å². The molecule has 1 heterocycles. The first-order valence-electron chi connectivity index (χ1n) is 6.28. The van der Waals surface area contributed by atoms with Gasteiger partial charge in [0.1, 0.15) is 5.82 Å². The highest BCUT2D eigenvalue weighted by atomic mass is 16.5. The van der Waals surface area contributed by atoms with Gasteiger partial charge < -0.3 is 14.4 Å². The topological polar surface area (TPSA) is 47.3 Å². The van der Waals surface area contributed by atoms with Crippen molar-refractivity contribution >= 4 is 11.0 Å². The maximum absolute atomic E-state index is 10.1. The van der Waals surface area contributed by atoms with Crippen LogP contribution in [0.1, 0.15) is 19.2 Å². The molecule has 2 atom stereocenters. The fourth-order valence-electron chi connectivity index (χ4n) is 2.29. The average Bonchev–Trinajstić information content (AvgIpc) is 2.68. The molecule has 1 aromatic carbocycles. The molecule has 4 heteroatoms. The summed E-state index contributed by atoms with van der Waals surface area (Å²) in [6.45, 7) is 2.01. The number of nitrogens with zero attached hydrogens (tertiary/aromatic N) is 2. The van der Waals surface area contributed by atoms with Crippen LogP contribution >= 0.6 is 0 Å². The number of aliphatic hydroxyl groups is 1. The monoisotopic (exact) mass is 248 g/mol. The lowest BCUT2D eigenvalue weighted by Gasteiger charge is -2.19. The Morgan fingerprint density at radius 1 is 1.39 bits per heavy atom. The standard InChI is InChI=1S/C14H20N2O2/c1-4-13(18-3)12(17)9-14-15-10-7-5-6-8-11(10)16(14)2/h5-8,12-13,17H,4,9H2,1-3H3. The number of hydrogen-bond acceptors (Lipinski definition) is 3. The fraction of sp³-hybridized carbons (Fsp3) is 0.500. The molecule has 0 aliphatic rings. The van der Waals surface area contributed by atoms with Crippen molar-refractivity contribution in [1.29, 1.82) is 0 Å². The van der Waals surface area contributed by atoms with Gasteiger partial charge in [-0.25, -0.2) is 4.98 Å². The zero-order chi connectivity index (χ0) is 13.1. The summed E-state index contributed by atoms with van der Waals surface area (Å²) in [6.07, 6.45) is 0.652. The van der Waals surface area contributed by atoms with E-state index in [0.29, 0.717) is 6.42 Å². The Bertz CT molecular complexity index is 517. The molecule has 2 rings (SSSR count). The number of imidazole rings is 1. The summed E-state index contributed by atoms with van der Waals surface area (Å²) in [5.41, 5.74) is 2.05. The molecule has 1 N–H and O–H groups in total. The molecule has 0 saturated carbocycles. The molecule has 0 spiro atoms. The Kier molecular flexibility index (Phi) is 3.99. The van der Waals surface area contributed by atoms with Crippen LogP contribution in [0.3, 0.4) is 0 Å². The average molecular weight is 248 g/mol. The molecule has 0 radical (unpaired) electrons. The summed E-state index contributed by atoms with van der Waals surface area (Å²) in [5.74, 6) is 0.888. The second-order valence-electron chi connectivity index (χ2n) is 4.53. The summed E-state index contributed by atoms with van der Waals surface area (Å²) >= 11 is 0. The van der Waals surface area contributed by atoms with Crippen LogP contribution in [0.2, 0.25) is 0 Å². The number of aromatic nitrogens is 2. The highest BCUT2D eigenvalue weighted by Gasteiger charge is 2.19. The van der Waals surface area contributed by atoms with E-state index in [0.717, 1.165) is 23.3 Å². The fourth-order valence-corrected chi connectivity index (χ4v) is 2.29.